The van der Waals surface area contributed by atoms with Crippen LogP contribution < -0.4 is 5.32 Å². The van der Waals surface area contributed by atoms with Gasteiger partial charge in [-0.05, 0) is 35.9 Å². The molecular formula is C15H10Cl2N2O. The molecular weight excluding hydrogens is 295 g/mol. The summed E-state index contributed by atoms with van der Waals surface area (Å²) in [6, 6.07) is 13.8. The Kier molecular flexibility index (Phi) is 4.62. The predicted molar refractivity (Wildman–Crippen MR) is 80.0 cm³/mol. The van der Waals surface area contributed by atoms with E-state index in [1.54, 1.807) is 42.5 Å². The first kappa shape index (κ1) is 14.4. The zero-order valence-corrected chi connectivity index (χ0v) is 11.9. The van der Waals surface area contributed by atoms with Gasteiger partial charge in [0.05, 0.1) is 28.8 Å². The molecule has 0 spiro atoms. The lowest BCUT2D eigenvalue weighted by Gasteiger charge is -2.07. The molecule has 100 valence electrons. The quantitative estimate of drug-likeness (QED) is 0.930. The number of anilines is 1. The highest BCUT2D eigenvalue weighted by Crippen LogP contribution is 2.25. The molecule has 0 aliphatic rings. The Labute approximate surface area is 126 Å². The molecule has 2 aromatic carbocycles. The third kappa shape index (κ3) is 3.74. The van der Waals surface area contributed by atoms with Crippen LogP contribution in [0.3, 0.4) is 0 Å². The molecule has 0 fully saturated rings. The molecule has 0 aromatic heterocycles. The Morgan fingerprint density at radius 3 is 2.45 bits per heavy atom. The van der Waals surface area contributed by atoms with Crippen LogP contribution in [0, 0.1) is 11.3 Å². The number of hydrogen-bond donors (Lipinski definition) is 1. The fraction of sp³-hybridized carbons (Fsp3) is 0.0667. The number of carbonyl (C=O) groups is 1. The first-order valence-electron chi connectivity index (χ1n) is 5.82. The number of benzene rings is 2. The van der Waals surface area contributed by atoms with Crippen LogP contribution in [0.4, 0.5) is 5.69 Å². The summed E-state index contributed by atoms with van der Waals surface area (Å²) in [4.78, 5) is 11.9. The van der Waals surface area contributed by atoms with Gasteiger partial charge in [-0.15, -0.1) is 0 Å². The molecule has 1 amide bonds. The number of nitrogens with one attached hydrogen (secondary N) is 1. The Morgan fingerprint density at radius 1 is 1.15 bits per heavy atom. The van der Waals surface area contributed by atoms with Gasteiger partial charge in [-0.1, -0.05) is 35.3 Å². The van der Waals surface area contributed by atoms with Crippen LogP contribution in [0.15, 0.2) is 42.5 Å². The second-order valence-corrected chi connectivity index (χ2v) is 5.00. The number of nitriles is 1. The normalized spacial score (nSPS) is 9.85. The second-order valence-electron chi connectivity index (χ2n) is 4.16. The van der Waals surface area contributed by atoms with Crippen molar-refractivity contribution in [1.82, 2.24) is 0 Å². The summed E-state index contributed by atoms with van der Waals surface area (Å²) >= 11 is 11.8. The fourth-order valence-corrected chi connectivity index (χ4v) is 2.12. The molecule has 20 heavy (non-hydrogen) atoms. The van der Waals surface area contributed by atoms with Gasteiger partial charge in [-0.25, -0.2) is 0 Å². The van der Waals surface area contributed by atoms with Gasteiger partial charge < -0.3 is 5.32 Å². The average molecular weight is 305 g/mol. The second kappa shape index (κ2) is 6.42. The largest absolute Gasteiger partial charge is 0.324 e. The van der Waals surface area contributed by atoms with Crippen LogP contribution in [0.5, 0.6) is 0 Å². The van der Waals surface area contributed by atoms with Crippen molar-refractivity contribution >= 4 is 34.8 Å². The lowest BCUT2D eigenvalue weighted by atomic mass is 10.1. The highest BCUT2D eigenvalue weighted by Gasteiger charge is 2.07. The minimum absolute atomic E-state index is 0.182. The van der Waals surface area contributed by atoms with Gasteiger partial charge in [0.1, 0.15) is 0 Å². The smallest absolute Gasteiger partial charge is 0.228 e. The van der Waals surface area contributed by atoms with Crippen LogP contribution in [-0.2, 0) is 11.2 Å². The van der Waals surface area contributed by atoms with Gasteiger partial charge in [0.2, 0.25) is 5.91 Å². The molecule has 0 saturated carbocycles. The van der Waals surface area contributed by atoms with E-state index in [2.05, 4.69) is 5.32 Å². The predicted octanol–water partition coefficient (Wildman–Crippen LogP) is 4.05. The van der Waals surface area contributed by atoms with Crippen molar-refractivity contribution in [2.45, 2.75) is 6.42 Å². The van der Waals surface area contributed by atoms with Gasteiger partial charge in [0.25, 0.3) is 0 Å². The summed E-state index contributed by atoms with van der Waals surface area (Å²) in [6.07, 6.45) is 0.213. The monoisotopic (exact) mass is 304 g/mol. The summed E-state index contributed by atoms with van der Waals surface area (Å²) in [5.41, 5.74) is 1.91. The number of nitrogens with zero attached hydrogens (tertiary/aromatic N) is 1. The van der Waals surface area contributed by atoms with Crippen LogP contribution in [0.25, 0.3) is 0 Å². The summed E-state index contributed by atoms with van der Waals surface area (Å²) in [6.45, 7) is 0. The van der Waals surface area contributed by atoms with Gasteiger partial charge in [-0.3, -0.25) is 4.79 Å². The molecule has 3 nitrogen and oxygen atoms in total. The zero-order valence-electron chi connectivity index (χ0n) is 10.4. The van der Waals surface area contributed by atoms with Crippen molar-refractivity contribution in [1.29, 1.82) is 5.26 Å². The average Bonchev–Trinajstić information content (AvgIpc) is 2.43. The molecule has 0 heterocycles. The molecule has 0 saturated heterocycles. The van der Waals surface area contributed by atoms with Crippen molar-refractivity contribution in [3.05, 3.63) is 63.6 Å². The van der Waals surface area contributed by atoms with Crippen molar-refractivity contribution < 1.29 is 4.79 Å². The van der Waals surface area contributed by atoms with Crippen LogP contribution in [0.1, 0.15) is 11.1 Å². The SMILES string of the molecule is N#Cc1ccc(CC(=O)Nc2ccc(Cl)cc2Cl)cc1. The van der Waals surface area contributed by atoms with E-state index in [4.69, 9.17) is 28.5 Å². The zero-order chi connectivity index (χ0) is 14.5. The highest BCUT2D eigenvalue weighted by atomic mass is 35.5. The number of carbonyl (C=O) groups excluding carboxylic acids is 1. The molecule has 0 aliphatic carbocycles. The van der Waals surface area contributed by atoms with Gasteiger partial charge >= 0.3 is 0 Å². The van der Waals surface area contributed by atoms with E-state index < -0.39 is 0 Å². The highest BCUT2D eigenvalue weighted by molar-refractivity contribution is 6.36. The molecule has 1 N–H and O–H groups in total. The number of amides is 1. The van der Waals surface area contributed by atoms with E-state index in [0.29, 0.717) is 21.3 Å². The van der Waals surface area contributed by atoms with E-state index in [1.165, 1.54) is 0 Å². The lowest BCUT2D eigenvalue weighted by molar-refractivity contribution is -0.115. The van der Waals surface area contributed by atoms with Crippen LogP contribution >= 0.6 is 23.2 Å². The number of halogens is 2. The lowest BCUT2D eigenvalue weighted by Crippen LogP contribution is -2.14. The summed E-state index contributed by atoms with van der Waals surface area (Å²) < 4.78 is 0. The first-order valence-corrected chi connectivity index (χ1v) is 6.58. The maximum Gasteiger partial charge on any atom is 0.228 e. The van der Waals surface area contributed by atoms with Gasteiger partial charge in [0.15, 0.2) is 0 Å². The maximum atomic E-state index is 11.9. The van der Waals surface area contributed by atoms with E-state index >= 15 is 0 Å². The molecule has 0 atom stereocenters. The molecule has 5 heteroatoms. The Balaban J connectivity index is 2.03. The van der Waals surface area contributed by atoms with Crippen LogP contribution in [-0.4, -0.2) is 5.91 Å². The van der Waals surface area contributed by atoms with Crippen molar-refractivity contribution in [2.24, 2.45) is 0 Å². The Morgan fingerprint density at radius 2 is 1.85 bits per heavy atom. The van der Waals surface area contributed by atoms with E-state index in [1.807, 2.05) is 6.07 Å². The molecule has 0 aliphatic heterocycles. The van der Waals surface area contributed by atoms with Crippen molar-refractivity contribution in [3.63, 3.8) is 0 Å². The number of rotatable bonds is 3. The molecule has 0 bridgehead atoms. The Bertz CT molecular complexity index is 675. The summed E-state index contributed by atoms with van der Waals surface area (Å²) in [7, 11) is 0. The third-order valence-corrected chi connectivity index (χ3v) is 3.20. The van der Waals surface area contributed by atoms with E-state index in [0.717, 1.165) is 5.56 Å². The van der Waals surface area contributed by atoms with Gasteiger partial charge in [-0.2, -0.15) is 5.26 Å². The van der Waals surface area contributed by atoms with E-state index in [9.17, 15) is 4.79 Å². The molecule has 0 radical (unpaired) electrons. The van der Waals surface area contributed by atoms with Crippen LogP contribution in [0.2, 0.25) is 10.0 Å². The van der Waals surface area contributed by atoms with Crippen molar-refractivity contribution in [2.75, 3.05) is 5.32 Å². The molecule has 0 unspecified atom stereocenters. The minimum atomic E-state index is -0.182. The number of hydrogen-bond acceptors (Lipinski definition) is 2. The van der Waals surface area contributed by atoms with Gasteiger partial charge in [0, 0.05) is 5.02 Å². The molecule has 2 rings (SSSR count). The summed E-state index contributed by atoms with van der Waals surface area (Å²) in [5.74, 6) is -0.182. The maximum absolute atomic E-state index is 11.9. The van der Waals surface area contributed by atoms with E-state index in [-0.39, 0.29) is 12.3 Å². The third-order valence-electron chi connectivity index (χ3n) is 2.65. The van der Waals surface area contributed by atoms with Crippen molar-refractivity contribution in [3.8, 4) is 6.07 Å². The fourth-order valence-electron chi connectivity index (χ4n) is 1.67. The Hall–Kier alpha value is -2.02. The first-order chi connectivity index (χ1) is 9.58. The summed E-state index contributed by atoms with van der Waals surface area (Å²) in [5, 5.41) is 12.3. The minimum Gasteiger partial charge on any atom is -0.324 e. The topological polar surface area (TPSA) is 52.9 Å². The standard InChI is InChI=1S/C15H10Cl2N2O/c16-12-5-6-14(13(17)8-12)19-15(20)7-10-1-3-11(9-18)4-2-10/h1-6,8H,7H2,(H,19,20). The molecule has 2 aromatic rings.